The fourth-order valence-corrected chi connectivity index (χ4v) is 1.48. The zero-order valence-electron chi connectivity index (χ0n) is 6.79. The van der Waals surface area contributed by atoms with Crippen molar-refractivity contribution in [3.63, 3.8) is 0 Å². The summed E-state index contributed by atoms with van der Waals surface area (Å²) in [5, 5.41) is 26.7. The molecule has 1 rings (SSSR count). The maximum atomic E-state index is 12.8. The van der Waals surface area contributed by atoms with Crippen molar-refractivity contribution in [3.05, 3.63) is 21.9 Å². The first kappa shape index (κ1) is 10.8. The van der Waals surface area contributed by atoms with Gasteiger partial charge in [0.1, 0.15) is 0 Å². The minimum atomic E-state index is -1.19. The van der Waals surface area contributed by atoms with Crippen LogP contribution in [0.15, 0.2) is 10.5 Å². The lowest BCUT2D eigenvalue weighted by atomic mass is 10.1. The highest BCUT2D eigenvalue weighted by Gasteiger charge is 2.17. The first-order valence-corrected chi connectivity index (χ1v) is 4.33. The van der Waals surface area contributed by atoms with Crippen LogP contribution in [0.1, 0.15) is 5.56 Å². The molecular weight excluding hydrogens is 259 g/mol. The SMILES string of the molecule is O=C(O)Cc1c(Br)cc(F)c(O)c1O. The van der Waals surface area contributed by atoms with Gasteiger partial charge < -0.3 is 15.3 Å². The van der Waals surface area contributed by atoms with Crippen molar-refractivity contribution in [2.75, 3.05) is 0 Å². The van der Waals surface area contributed by atoms with E-state index in [1.807, 2.05) is 0 Å². The number of carboxylic acid groups (broad SMARTS) is 1. The molecule has 0 atom stereocenters. The second-order valence-electron chi connectivity index (χ2n) is 2.59. The first-order chi connectivity index (χ1) is 6.43. The summed E-state index contributed by atoms with van der Waals surface area (Å²) in [6.45, 7) is 0. The molecular formula is C8H6BrFO4. The number of carbonyl (C=O) groups is 1. The maximum Gasteiger partial charge on any atom is 0.308 e. The number of benzene rings is 1. The molecule has 0 bridgehead atoms. The Hall–Kier alpha value is -1.30. The van der Waals surface area contributed by atoms with E-state index in [4.69, 9.17) is 10.2 Å². The summed E-state index contributed by atoms with van der Waals surface area (Å²) in [5.74, 6) is -3.89. The third-order valence-corrected chi connectivity index (χ3v) is 2.31. The number of phenolic OH excluding ortho intramolecular Hbond substituents is 2. The Balaban J connectivity index is 3.29. The van der Waals surface area contributed by atoms with Crippen molar-refractivity contribution in [3.8, 4) is 11.5 Å². The van der Waals surface area contributed by atoms with Crippen LogP contribution in [-0.4, -0.2) is 21.3 Å². The highest BCUT2D eigenvalue weighted by molar-refractivity contribution is 9.10. The number of carboxylic acids is 1. The molecule has 0 unspecified atom stereocenters. The number of aromatic hydroxyl groups is 2. The van der Waals surface area contributed by atoms with E-state index < -0.39 is 29.7 Å². The van der Waals surface area contributed by atoms with E-state index in [0.29, 0.717) is 0 Å². The maximum absolute atomic E-state index is 12.8. The largest absolute Gasteiger partial charge is 0.504 e. The van der Waals surface area contributed by atoms with Gasteiger partial charge in [-0.15, -0.1) is 0 Å². The van der Waals surface area contributed by atoms with Gasteiger partial charge in [-0.2, -0.15) is 0 Å². The summed E-state index contributed by atoms with van der Waals surface area (Å²) < 4.78 is 12.9. The average Bonchev–Trinajstić information content (AvgIpc) is 2.09. The molecule has 0 heterocycles. The van der Waals surface area contributed by atoms with Gasteiger partial charge in [-0.3, -0.25) is 4.79 Å². The predicted molar refractivity (Wildman–Crippen MR) is 48.8 cm³/mol. The van der Waals surface area contributed by atoms with Crippen LogP contribution >= 0.6 is 15.9 Å². The van der Waals surface area contributed by atoms with Gasteiger partial charge in [0, 0.05) is 10.0 Å². The lowest BCUT2D eigenvalue weighted by Crippen LogP contribution is -2.01. The molecule has 4 nitrogen and oxygen atoms in total. The van der Waals surface area contributed by atoms with Crippen LogP contribution < -0.4 is 0 Å². The Morgan fingerprint density at radius 1 is 1.43 bits per heavy atom. The van der Waals surface area contributed by atoms with Gasteiger partial charge in [-0.25, -0.2) is 4.39 Å². The summed E-state index contributed by atoms with van der Waals surface area (Å²) in [7, 11) is 0. The predicted octanol–water partition coefficient (Wildman–Crippen LogP) is 1.63. The third kappa shape index (κ3) is 1.95. The first-order valence-electron chi connectivity index (χ1n) is 3.54. The Morgan fingerprint density at radius 3 is 2.50 bits per heavy atom. The standard InChI is InChI=1S/C8H6BrFO4/c9-4-2-5(10)8(14)7(13)3(4)1-6(11)12/h2,13-14H,1H2,(H,11,12). The van der Waals surface area contributed by atoms with Crippen LogP contribution in [0.4, 0.5) is 4.39 Å². The van der Waals surface area contributed by atoms with Gasteiger partial charge in [0.05, 0.1) is 6.42 Å². The summed E-state index contributed by atoms with van der Waals surface area (Å²) in [6, 6.07) is 0.896. The van der Waals surface area contributed by atoms with Gasteiger partial charge in [0.15, 0.2) is 17.3 Å². The Bertz CT molecular complexity index is 391. The minimum Gasteiger partial charge on any atom is -0.504 e. The number of halogens is 2. The molecule has 0 aliphatic heterocycles. The quantitative estimate of drug-likeness (QED) is 0.710. The van der Waals surface area contributed by atoms with E-state index in [2.05, 4.69) is 15.9 Å². The van der Waals surface area contributed by atoms with E-state index in [-0.39, 0.29) is 10.0 Å². The van der Waals surface area contributed by atoms with Gasteiger partial charge in [0.2, 0.25) is 0 Å². The number of hydrogen-bond donors (Lipinski definition) is 3. The average molecular weight is 265 g/mol. The van der Waals surface area contributed by atoms with E-state index in [1.165, 1.54) is 0 Å². The van der Waals surface area contributed by atoms with Crippen LogP contribution in [0, 0.1) is 5.82 Å². The molecule has 0 aliphatic rings. The summed E-state index contributed by atoms with van der Waals surface area (Å²) in [5.41, 5.74) is -0.0589. The molecule has 0 fully saturated rings. The smallest absolute Gasteiger partial charge is 0.308 e. The Labute approximate surface area is 86.7 Å². The number of phenols is 2. The molecule has 0 aromatic heterocycles. The number of aliphatic carboxylic acids is 1. The molecule has 0 aliphatic carbocycles. The van der Waals surface area contributed by atoms with Crippen LogP contribution in [-0.2, 0) is 11.2 Å². The van der Waals surface area contributed by atoms with Crippen LogP contribution in [0.25, 0.3) is 0 Å². The van der Waals surface area contributed by atoms with Crippen molar-refractivity contribution in [2.24, 2.45) is 0 Å². The molecule has 0 saturated carbocycles. The molecule has 1 aromatic rings. The second-order valence-corrected chi connectivity index (χ2v) is 3.44. The summed E-state index contributed by atoms with van der Waals surface area (Å²) >= 11 is 2.89. The van der Waals surface area contributed by atoms with Gasteiger partial charge in [-0.1, -0.05) is 15.9 Å². The van der Waals surface area contributed by atoms with Crippen LogP contribution in [0.5, 0.6) is 11.5 Å². The van der Waals surface area contributed by atoms with Gasteiger partial charge in [-0.05, 0) is 6.07 Å². The fourth-order valence-electron chi connectivity index (χ4n) is 0.955. The summed E-state index contributed by atoms with van der Waals surface area (Å²) in [4.78, 5) is 10.4. The normalized spacial score (nSPS) is 10.1. The number of rotatable bonds is 2. The van der Waals surface area contributed by atoms with E-state index in [0.717, 1.165) is 6.07 Å². The van der Waals surface area contributed by atoms with Crippen molar-refractivity contribution in [1.82, 2.24) is 0 Å². The molecule has 0 spiro atoms. The third-order valence-electron chi connectivity index (χ3n) is 1.61. The molecule has 1 aromatic carbocycles. The van der Waals surface area contributed by atoms with E-state index in [1.54, 1.807) is 0 Å². The zero-order chi connectivity index (χ0) is 10.9. The minimum absolute atomic E-state index is 0.0589. The molecule has 0 amide bonds. The highest BCUT2D eigenvalue weighted by Crippen LogP contribution is 2.37. The Morgan fingerprint density at radius 2 is 2.00 bits per heavy atom. The Kier molecular flexibility index (Phi) is 2.95. The van der Waals surface area contributed by atoms with Crippen molar-refractivity contribution >= 4 is 21.9 Å². The van der Waals surface area contributed by atoms with E-state index >= 15 is 0 Å². The van der Waals surface area contributed by atoms with Crippen molar-refractivity contribution in [1.29, 1.82) is 0 Å². The van der Waals surface area contributed by atoms with Crippen LogP contribution in [0.2, 0.25) is 0 Å². The lowest BCUT2D eigenvalue weighted by Gasteiger charge is -2.07. The zero-order valence-corrected chi connectivity index (χ0v) is 8.38. The second kappa shape index (κ2) is 3.83. The highest BCUT2D eigenvalue weighted by atomic mass is 79.9. The van der Waals surface area contributed by atoms with Gasteiger partial charge >= 0.3 is 5.97 Å². The van der Waals surface area contributed by atoms with Gasteiger partial charge in [0.25, 0.3) is 0 Å². The van der Waals surface area contributed by atoms with Crippen LogP contribution in [0.3, 0.4) is 0 Å². The molecule has 6 heteroatoms. The molecule has 76 valence electrons. The fraction of sp³-hybridized carbons (Fsp3) is 0.125. The molecule has 0 saturated heterocycles. The summed E-state index contributed by atoms with van der Waals surface area (Å²) in [6.07, 6.45) is -0.500. The van der Waals surface area contributed by atoms with E-state index in [9.17, 15) is 14.3 Å². The number of hydrogen-bond acceptors (Lipinski definition) is 3. The van der Waals surface area contributed by atoms with Crippen molar-refractivity contribution < 1.29 is 24.5 Å². The topological polar surface area (TPSA) is 77.8 Å². The lowest BCUT2D eigenvalue weighted by molar-refractivity contribution is -0.136. The monoisotopic (exact) mass is 264 g/mol. The molecule has 14 heavy (non-hydrogen) atoms. The molecule has 0 radical (unpaired) electrons. The molecule has 3 N–H and O–H groups in total. The van der Waals surface area contributed by atoms with Crippen molar-refractivity contribution in [2.45, 2.75) is 6.42 Å².